The number of primary sulfonamides is 1. The van der Waals surface area contributed by atoms with E-state index in [4.69, 9.17) is 10.9 Å². The lowest BCUT2D eigenvalue weighted by Gasteiger charge is -2.25. The summed E-state index contributed by atoms with van der Waals surface area (Å²) in [7, 11) is -3.78. The molecule has 0 aliphatic heterocycles. The maximum Gasteiger partial charge on any atom is 0.231 e. The van der Waals surface area contributed by atoms with Crippen LogP contribution in [-0.4, -0.2) is 13.3 Å². The summed E-state index contributed by atoms with van der Waals surface area (Å²) in [6.07, 6.45) is 5.13. The average Bonchev–Trinajstić information content (AvgIpc) is 2.30. The SMILES string of the molecule is NC1(S(N)(=O)=O)C=CC(c2ccccc2)=CC1. The molecular weight excluding hydrogens is 236 g/mol. The molecule has 4 nitrogen and oxygen atoms in total. The molecule has 90 valence electrons. The van der Waals surface area contributed by atoms with Crippen LogP contribution >= 0.6 is 0 Å². The minimum atomic E-state index is -3.78. The molecule has 0 radical (unpaired) electrons. The number of allylic oxidation sites excluding steroid dienone is 2. The highest BCUT2D eigenvalue weighted by molar-refractivity contribution is 7.90. The molecule has 1 aromatic rings. The molecular formula is C12H14N2O2S. The van der Waals surface area contributed by atoms with Gasteiger partial charge in [0.15, 0.2) is 4.87 Å². The first kappa shape index (κ1) is 12.0. The van der Waals surface area contributed by atoms with Gasteiger partial charge in [-0.05, 0) is 17.2 Å². The van der Waals surface area contributed by atoms with Crippen molar-refractivity contribution in [2.24, 2.45) is 10.9 Å². The van der Waals surface area contributed by atoms with Crippen LogP contribution < -0.4 is 10.9 Å². The lowest BCUT2D eigenvalue weighted by atomic mass is 9.97. The van der Waals surface area contributed by atoms with Gasteiger partial charge >= 0.3 is 0 Å². The van der Waals surface area contributed by atoms with Gasteiger partial charge in [0.25, 0.3) is 0 Å². The van der Waals surface area contributed by atoms with E-state index in [1.54, 1.807) is 12.2 Å². The lowest BCUT2D eigenvalue weighted by Crippen LogP contribution is -2.50. The van der Waals surface area contributed by atoms with E-state index in [9.17, 15) is 8.42 Å². The topological polar surface area (TPSA) is 86.2 Å². The summed E-state index contributed by atoms with van der Waals surface area (Å²) >= 11 is 0. The zero-order valence-corrected chi connectivity index (χ0v) is 10.0. The summed E-state index contributed by atoms with van der Waals surface area (Å²) < 4.78 is 22.6. The minimum Gasteiger partial charge on any atom is -0.308 e. The molecule has 2 rings (SSSR count). The van der Waals surface area contributed by atoms with Gasteiger partial charge in [-0.15, -0.1) is 0 Å². The fourth-order valence-corrected chi connectivity index (χ4v) is 2.27. The zero-order chi connectivity index (χ0) is 12.5. The molecule has 1 aliphatic carbocycles. The van der Waals surface area contributed by atoms with Crippen molar-refractivity contribution in [1.29, 1.82) is 0 Å². The van der Waals surface area contributed by atoms with E-state index in [0.29, 0.717) is 0 Å². The minimum absolute atomic E-state index is 0.187. The molecule has 5 heteroatoms. The van der Waals surface area contributed by atoms with E-state index < -0.39 is 14.9 Å². The second kappa shape index (κ2) is 4.10. The van der Waals surface area contributed by atoms with E-state index in [0.717, 1.165) is 11.1 Å². The van der Waals surface area contributed by atoms with Gasteiger partial charge in [0.1, 0.15) is 0 Å². The Balaban J connectivity index is 2.29. The second-order valence-electron chi connectivity index (χ2n) is 4.06. The molecule has 0 amide bonds. The standard InChI is InChI=1S/C12H14N2O2S/c13-12(17(14,15)16)8-6-11(7-9-12)10-4-2-1-3-5-10/h1-8H,9,13H2,(H2,14,15,16). The van der Waals surface area contributed by atoms with Crippen LogP contribution in [-0.2, 0) is 10.0 Å². The molecule has 1 aromatic carbocycles. The van der Waals surface area contributed by atoms with Gasteiger partial charge < -0.3 is 5.73 Å². The van der Waals surface area contributed by atoms with Crippen molar-refractivity contribution in [3.05, 3.63) is 54.1 Å². The molecule has 0 saturated heterocycles. The third kappa shape index (κ3) is 2.31. The van der Waals surface area contributed by atoms with E-state index in [-0.39, 0.29) is 6.42 Å². The van der Waals surface area contributed by atoms with Crippen LogP contribution in [0.25, 0.3) is 5.57 Å². The normalized spacial score (nSPS) is 24.5. The van der Waals surface area contributed by atoms with Gasteiger partial charge in [0, 0.05) is 6.42 Å². The zero-order valence-electron chi connectivity index (χ0n) is 9.21. The van der Waals surface area contributed by atoms with Crippen molar-refractivity contribution in [2.45, 2.75) is 11.3 Å². The molecule has 0 spiro atoms. The highest BCUT2D eigenvalue weighted by Crippen LogP contribution is 2.27. The summed E-state index contributed by atoms with van der Waals surface area (Å²) in [5, 5.41) is 5.10. The van der Waals surface area contributed by atoms with Crippen LogP contribution in [0.1, 0.15) is 12.0 Å². The highest BCUT2D eigenvalue weighted by Gasteiger charge is 2.35. The van der Waals surface area contributed by atoms with Gasteiger partial charge in [-0.2, -0.15) is 0 Å². The van der Waals surface area contributed by atoms with Crippen molar-refractivity contribution in [1.82, 2.24) is 0 Å². The second-order valence-corrected chi connectivity index (χ2v) is 5.91. The van der Waals surface area contributed by atoms with Gasteiger partial charge in [-0.1, -0.05) is 42.5 Å². The maximum atomic E-state index is 11.3. The van der Waals surface area contributed by atoms with Gasteiger partial charge in [-0.3, -0.25) is 0 Å². The third-order valence-corrected chi connectivity index (χ3v) is 4.19. The van der Waals surface area contributed by atoms with E-state index >= 15 is 0 Å². The average molecular weight is 250 g/mol. The van der Waals surface area contributed by atoms with Crippen LogP contribution in [0.3, 0.4) is 0 Å². The Bertz CT molecular complexity index is 576. The fraction of sp³-hybridized carbons (Fsp3) is 0.167. The molecule has 1 atom stereocenters. The number of nitrogens with two attached hydrogens (primary N) is 2. The summed E-state index contributed by atoms with van der Waals surface area (Å²) in [5.41, 5.74) is 7.71. The quantitative estimate of drug-likeness (QED) is 0.820. The predicted molar refractivity (Wildman–Crippen MR) is 68.2 cm³/mol. The molecule has 17 heavy (non-hydrogen) atoms. The third-order valence-electron chi connectivity index (χ3n) is 2.82. The smallest absolute Gasteiger partial charge is 0.231 e. The first-order chi connectivity index (χ1) is 7.92. The molecule has 1 aliphatic rings. The van der Waals surface area contributed by atoms with Gasteiger partial charge in [0.2, 0.25) is 10.0 Å². The summed E-state index contributed by atoms with van der Waals surface area (Å²) in [6, 6.07) is 9.68. The number of benzene rings is 1. The first-order valence-corrected chi connectivity index (χ1v) is 6.73. The Kier molecular flexibility index (Phi) is 2.91. The largest absolute Gasteiger partial charge is 0.308 e. The summed E-state index contributed by atoms with van der Waals surface area (Å²) in [4.78, 5) is -1.48. The van der Waals surface area contributed by atoms with Gasteiger partial charge in [0.05, 0.1) is 0 Å². The maximum absolute atomic E-state index is 11.3. The number of hydrogen-bond acceptors (Lipinski definition) is 3. The Morgan fingerprint density at radius 1 is 1.18 bits per heavy atom. The Labute approximate surface area is 101 Å². The van der Waals surface area contributed by atoms with Crippen molar-refractivity contribution in [3.63, 3.8) is 0 Å². The Morgan fingerprint density at radius 2 is 1.82 bits per heavy atom. The van der Waals surface area contributed by atoms with Gasteiger partial charge in [-0.25, -0.2) is 13.6 Å². The predicted octanol–water partition coefficient (Wildman–Crippen LogP) is 0.973. The summed E-state index contributed by atoms with van der Waals surface area (Å²) in [5.74, 6) is 0. The van der Waals surface area contributed by atoms with E-state index in [1.807, 2.05) is 30.3 Å². The van der Waals surface area contributed by atoms with Crippen LogP contribution in [0.5, 0.6) is 0 Å². The first-order valence-electron chi connectivity index (χ1n) is 5.18. The van der Waals surface area contributed by atoms with Crippen molar-refractivity contribution < 1.29 is 8.42 Å². The molecule has 0 bridgehead atoms. The molecule has 0 aromatic heterocycles. The number of rotatable bonds is 2. The highest BCUT2D eigenvalue weighted by atomic mass is 32.2. The van der Waals surface area contributed by atoms with Crippen molar-refractivity contribution >= 4 is 15.6 Å². The monoisotopic (exact) mass is 250 g/mol. The number of sulfonamides is 1. The fourth-order valence-electron chi connectivity index (χ4n) is 1.69. The van der Waals surface area contributed by atoms with Crippen LogP contribution in [0.2, 0.25) is 0 Å². The Hall–Kier alpha value is -1.43. The lowest BCUT2D eigenvalue weighted by molar-refractivity contribution is 0.557. The van der Waals surface area contributed by atoms with Crippen LogP contribution in [0.15, 0.2) is 48.6 Å². The van der Waals surface area contributed by atoms with Crippen LogP contribution in [0.4, 0.5) is 0 Å². The molecule has 0 heterocycles. The van der Waals surface area contributed by atoms with Crippen molar-refractivity contribution in [2.75, 3.05) is 0 Å². The molecule has 4 N–H and O–H groups in total. The molecule has 1 unspecified atom stereocenters. The number of hydrogen-bond donors (Lipinski definition) is 2. The van der Waals surface area contributed by atoms with Crippen molar-refractivity contribution in [3.8, 4) is 0 Å². The molecule has 0 fully saturated rings. The van der Waals surface area contributed by atoms with E-state index in [1.165, 1.54) is 6.08 Å². The van der Waals surface area contributed by atoms with Crippen LogP contribution in [0, 0.1) is 0 Å². The van der Waals surface area contributed by atoms with E-state index in [2.05, 4.69) is 0 Å². The molecule has 0 saturated carbocycles. The Morgan fingerprint density at radius 3 is 2.29 bits per heavy atom. The summed E-state index contributed by atoms with van der Waals surface area (Å²) in [6.45, 7) is 0.